The first-order valence-corrected chi connectivity index (χ1v) is 9.81. The molecule has 2 unspecified atom stereocenters. The Hall–Kier alpha value is -2.86. The Morgan fingerprint density at radius 2 is 1.83 bits per heavy atom. The number of rotatable bonds is 6. The van der Waals surface area contributed by atoms with Gasteiger partial charge in [0.15, 0.2) is 6.10 Å². The predicted octanol–water partition coefficient (Wildman–Crippen LogP) is 3.25. The second kappa shape index (κ2) is 9.09. The monoisotopic (exact) mass is 414 g/mol. The van der Waals surface area contributed by atoms with Gasteiger partial charge in [-0.3, -0.25) is 14.4 Å². The largest absolute Gasteiger partial charge is 0.452 e. The molecule has 2 aromatic carbocycles. The topological polar surface area (TPSA) is 75.7 Å². The molecule has 1 aliphatic rings. The van der Waals surface area contributed by atoms with Gasteiger partial charge in [0, 0.05) is 30.2 Å². The number of carbonyl (C=O) groups excluding carboxylic acids is 3. The zero-order valence-electron chi connectivity index (χ0n) is 16.4. The Morgan fingerprint density at radius 1 is 1.17 bits per heavy atom. The molecule has 0 aromatic heterocycles. The van der Waals surface area contributed by atoms with E-state index in [0.29, 0.717) is 11.6 Å². The van der Waals surface area contributed by atoms with E-state index in [2.05, 4.69) is 5.32 Å². The van der Waals surface area contributed by atoms with E-state index in [-0.39, 0.29) is 18.9 Å². The normalized spacial score (nSPS) is 17.1. The summed E-state index contributed by atoms with van der Waals surface area (Å²) < 4.78 is 5.30. The van der Waals surface area contributed by atoms with Crippen molar-refractivity contribution in [2.45, 2.75) is 32.9 Å². The van der Waals surface area contributed by atoms with Crippen molar-refractivity contribution in [3.05, 3.63) is 64.7 Å². The Bertz CT molecular complexity index is 896. The molecule has 1 aliphatic heterocycles. The van der Waals surface area contributed by atoms with E-state index in [1.165, 1.54) is 6.92 Å². The molecule has 1 fully saturated rings. The predicted molar refractivity (Wildman–Crippen MR) is 110 cm³/mol. The SMILES string of the molecule is Cc1ccc(N2CC(C(=O)OC(C)C(=O)NCc3ccc(Cl)cc3)CC2=O)cc1. The van der Waals surface area contributed by atoms with Crippen LogP contribution in [0.25, 0.3) is 0 Å². The third kappa shape index (κ3) is 5.35. The van der Waals surface area contributed by atoms with E-state index < -0.39 is 23.9 Å². The number of anilines is 1. The number of carbonyl (C=O) groups is 3. The van der Waals surface area contributed by atoms with Crippen LogP contribution in [-0.4, -0.2) is 30.4 Å². The number of nitrogens with zero attached hydrogens (tertiary/aromatic N) is 1. The number of hydrogen-bond acceptors (Lipinski definition) is 4. The number of nitrogens with one attached hydrogen (secondary N) is 1. The Kier molecular flexibility index (Phi) is 6.54. The average Bonchev–Trinajstić information content (AvgIpc) is 3.09. The number of halogens is 1. The highest BCUT2D eigenvalue weighted by atomic mass is 35.5. The quantitative estimate of drug-likeness (QED) is 0.736. The van der Waals surface area contributed by atoms with Crippen molar-refractivity contribution in [1.82, 2.24) is 5.32 Å². The fourth-order valence-corrected chi connectivity index (χ4v) is 3.22. The summed E-state index contributed by atoms with van der Waals surface area (Å²) in [5.41, 5.74) is 2.73. The first kappa shape index (κ1) is 20.9. The molecule has 0 radical (unpaired) electrons. The molecule has 7 heteroatoms. The Balaban J connectivity index is 1.51. The number of aryl methyl sites for hydroxylation is 1. The van der Waals surface area contributed by atoms with Crippen LogP contribution in [0.1, 0.15) is 24.5 Å². The van der Waals surface area contributed by atoms with Gasteiger partial charge in [0.25, 0.3) is 5.91 Å². The molecule has 1 heterocycles. The fraction of sp³-hybridized carbons (Fsp3) is 0.318. The molecule has 152 valence electrons. The van der Waals surface area contributed by atoms with Crippen molar-refractivity contribution in [2.75, 3.05) is 11.4 Å². The lowest BCUT2D eigenvalue weighted by Crippen LogP contribution is -2.37. The minimum absolute atomic E-state index is 0.0752. The van der Waals surface area contributed by atoms with E-state index in [0.717, 1.165) is 16.8 Å². The van der Waals surface area contributed by atoms with Gasteiger partial charge in [0.05, 0.1) is 5.92 Å². The summed E-state index contributed by atoms with van der Waals surface area (Å²) in [7, 11) is 0. The van der Waals surface area contributed by atoms with E-state index >= 15 is 0 Å². The maximum absolute atomic E-state index is 12.5. The van der Waals surface area contributed by atoms with Crippen molar-refractivity contribution in [3.63, 3.8) is 0 Å². The highest BCUT2D eigenvalue weighted by Crippen LogP contribution is 2.26. The van der Waals surface area contributed by atoms with Crippen molar-refractivity contribution < 1.29 is 19.1 Å². The summed E-state index contributed by atoms with van der Waals surface area (Å²) in [6.45, 7) is 4.04. The van der Waals surface area contributed by atoms with Crippen LogP contribution in [-0.2, 0) is 25.7 Å². The molecule has 2 aromatic rings. The summed E-state index contributed by atoms with van der Waals surface area (Å²) in [6, 6.07) is 14.6. The molecule has 0 aliphatic carbocycles. The van der Waals surface area contributed by atoms with E-state index in [4.69, 9.17) is 16.3 Å². The summed E-state index contributed by atoms with van der Waals surface area (Å²) in [6.07, 6.45) is -0.871. The molecule has 0 saturated carbocycles. The average molecular weight is 415 g/mol. The number of benzene rings is 2. The lowest BCUT2D eigenvalue weighted by molar-refractivity contribution is -0.158. The molecular weight excluding hydrogens is 392 g/mol. The van der Waals surface area contributed by atoms with Gasteiger partial charge in [-0.1, -0.05) is 41.4 Å². The maximum Gasteiger partial charge on any atom is 0.312 e. The van der Waals surface area contributed by atoms with Crippen LogP contribution in [0.4, 0.5) is 5.69 Å². The lowest BCUT2D eigenvalue weighted by atomic mass is 10.1. The number of amides is 2. The summed E-state index contributed by atoms with van der Waals surface area (Å²) in [5, 5.41) is 3.34. The second-order valence-corrected chi connectivity index (χ2v) is 7.60. The van der Waals surface area contributed by atoms with E-state index in [9.17, 15) is 14.4 Å². The second-order valence-electron chi connectivity index (χ2n) is 7.16. The number of esters is 1. The van der Waals surface area contributed by atoms with E-state index in [1.54, 1.807) is 17.0 Å². The highest BCUT2D eigenvalue weighted by molar-refractivity contribution is 6.30. The van der Waals surface area contributed by atoms with Gasteiger partial charge in [0.1, 0.15) is 0 Å². The molecular formula is C22H23ClN2O4. The standard InChI is InChI=1S/C22H23ClN2O4/c1-14-3-9-19(10-4-14)25-13-17(11-20(25)26)22(28)29-15(2)21(27)24-12-16-5-7-18(23)8-6-16/h3-10,15,17H,11-13H2,1-2H3,(H,24,27). The van der Waals surface area contributed by atoms with E-state index in [1.807, 2.05) is 43.3 Å². The van der Waals surface area contributed by atoms with Crippen molar-refractivity contribution in [2.24, 2.45) is 5.92 Å². The zero-order valence-corrected chi connectivity index (χ0v) is 17.1. The minimum Gasteiger partial charge on any atom is -0.452 e. The molecule has 2 amide bonds. The van der Waals surface area contributed by atoms with Crippen LogP contribution in [0.15, 0.2) is 48.5 Å². The number of hydrogen-bond donors (Lipinski definition) is 1. The first-order chi connectivity index (χ1) is 13.8. The summed E-state index contributed by atoms with van der Waals surface area (Å²) >= 11 is 5.84. The molecule has 0 spiro atoms. The van der Waals surface area contributed by atoms with Gasteiger partial charge >= 0.3 is 5.97 Å². The highest BCUT2D eigenvalue weighted by Gasteiger charge is 2.37. The van der Waals surface area contributed by atoms with Crippen LogP contribution < -0.4 is 10.2 Å². The Morgan fingerprint density at radius 3 is 2.48 bits per heavy atom. The fourth-order valence-electron chi connectivity index (χ4n) is 3.10. The van der Waals surface area contributed by atoms with Crippen LogP contribution >= 0.6 is 11.6 Å². The van der Waals surface area contributed by atoms with Crippen molar-refractivity contribution in [1.29, 1.82) is 0 Å². The number of ether oxygens (including phenoxy) is 1. The summed E-state index contributed by atoms with van der Waals surface area (Å²) in [4.78, 5) is 38.6. The van der Waals surface area contributed by atoms with Crippen LogP contribution in [0, 0.1) is 12.8 Å². The molecule has 1 saturated heterocycles. The van der Waals surface area contributed by atoms with Crippen molar-refractivity contribution in [3.8, 4) is 0 Å². The smallest absolute Gasteiger partial charge is 0.312 e. The van der Waals surface area contributed by atoms with Gasteiger partial charge in [-0.25, -0.2) is 0 Å². The van der Waals surface area contributed by atoms with Gasteiger partial charge in [-0.2, -0.15) is 0 Å². The van der Waals surface area contributed by atoms with Gasteiger partial charge < -0.3 is 15.0 Å². The third-order valence-electron chi connectivity index (χ3n) is 4.85. The minimum atomic E-state index is -0.946. The van der Waals surface area contributed by atoms with Gasteiger partial charge in [-0.15, -0.1) is 0 Å². The van der Waals surface area contributed by atoms with Crippen LogP contribution in [0.3, 0.4) is 0 Å². The van der Waals surface area contributed by atoms with Gasteiger partial charge in [-0.05, 0) is 43.7 Å². The molecule has 1 N–H and O–H groups in total. The van der Waals surface area contributed by atoms with Gasteiger partial charge in [0.2, 0.25) is 5.91 Å². The molecule has 3 rings (SSSR count). The first-order valence-electron chi connectivity index (χ1n) is 9.43. The van der Waals surface area contributed by atoms with Crippen molar-refractivity contribution >= 4 is 35.1 Å². The molecule has 0 bridgehead atoms. The third-order valence-corrected chi connectivity index (χ3v) is 5.10. The Labute approximate surface area is 174 Å². The molecule has 29 heavy (non-hydrogen) atoms. The maximum atomic E-state index is 12.5. The molecule has 2 atom stereocenters. The lowest BCUT2D eigenvalue weighted by Gasteiger charge is -2.18. The van der Waals surface area contributed by atoms with Crippen LogP contribution in [0.2, 0.25) is 5.02 Å². The van der Waals surface area contributed by atoms with Crippen LogP contribution in [0.5, 0.6) is 0 Å². The molecule has 6 nitrogen and oxygen atoms in total. The zero-order chi connectivity index (χ0) is 21.0. The summed E-state index contributed by atoms with van der Waals surface area (Å²) in [5.74, 6) is -1.65.